The van der Waals surface area contributed by atoms with Crippen molar-refractivity contribution in [3.63, 3.8) is 0 Å². The van der Waals surface area contributed by atoms with E-state index in [1.54, 1.807) is 11.6 Å². The number of anilines is 1. The average Bonchev–Trinajstić information content (AvgIpc) is 3.10. The molecule has 2 aromatic heterocycles. The van der Waals surface area contributed by atoms with Gasteiger partial charge in [0, 0.05) is 25.5 Å². The molecule has 1 N–H and O–H groups in total. The van der Waals surface area contributed by atoms with Crippen LogP contribution in [0.2, 0.25) is 0 Å². The SMILES string of the molecule is COC1CC(C(=O)O)N(c2nc3sccn3c2[N+](=O)[O-])C1. The largest absolute Gasteiger partial charge is 0.480 e. The lowest BCUT2D eigenvalue weighted by atomic mass is 10.2. The Kier molecular flexibility index (Phi) is 3.26. The number of aromatic nitrogens is 2. The van der Waals surface area contributed by atoms with E-state index >= 15 is 0 Å². The molecule has 1 saturated heterocycles. The van der Waals surface area contributed by atoms with E-state index < -0.39 is 16.9 Å². The van der Waals surface area contributed by atoms with Crippen LogP contribution < -0.4 is 4.90 Å². The summed E-state index contributed by atoms with van der Waals surface area (Å²) in [5.41, 5.74) is 0. The van der Waals surface area contributed by atoms with E-state index in [-0.39, 0.29) is 30.7 Å². The van der Waals surface area contributed by atoms with Crippen molar-refractivity contribution in [1.82, 2.24) is 9.38 Å². The predicted octanol–water partition coefficient (Wildman–Crippen LogP) is 0.982. The van der Waals surface area contributed by atoms with Crippen LogP contribution in [0.4, 0.5) is 11.6 Å². The van der Waals surface area contributed by atoms with Crippen LogP contribution in [-0.4, -0.2) is 51.2 Å². The van der Waals surface area contributed by atoms with Crippen LogP contribution in [0.15, 0.2) is 11.6 Å². The Bertz CT molecular complexity index is 711. The Morgan fingerprint density at radius 3 is 3.05 bits per heavy atom. The zero-order valence-corrected chi connectivity index (χ0v) is 11.8. The molecule has 2 unspecified atom stereocenters. The second kappa shape index (κ2) is 4.97. The molecular weight excluding hydrogens is 300 g/mol. The van der Waals surface area contributed by atoms with E-state index in [1.165, 1.54) is 27.7 Å². The number of aliphatic carboxylic acids is 1. The zero-order chi connectivity index (χ0) is 15.1. The Morgan fingerprint density at radius 1 is 1.67 bits per heavy atom. The van der Waals surface area contributed by atoms with Crippen molar-refractivity contribution in [3.8, 4) is 0 Å². The molecule has 3 rings (SSSR count). The molecule has 10 heteroatoms. The highest BCUT2D eigenvalue weighted by atomic mass is 32.1. The van der Waals surface area contributed by atoms with Crippen LogP contribution in [0.5, 0.6) is 0 Å². The number of fused-ring (bicyclic) bond motifs is 1. The third-order valence-electron chi connectivity index (χ3n) is 3.55. The minimum atomic E-state index is -1.04. The summed E-state index contributed by atoms with van der Waals surface area (Å²) >= 11 is 1.26. The molecule has 112 valence electrons. The van der Waals surface area contributed by atoms with Gasteiger partial charge in [-0.2, -0.15) is 9.38 Å². The second-order valence-corrected chi connectivity index (χ2v) is 5.54. The standard InChI is InChI=1S/C11H12N4O5S/c1-20-6-4-7(10(16)17)14(5-6)8-9(15(18)19)13-2-3-21-11(13)12-8/h2-3,6-7H,4-5H2,1H3,(H,16,17). The molecule has 2 atom stereocenters. The van der Waals surface area contributed by atoms with Crippen LogP contribution in [0.3, 0.4) is 0 Å². The Labute approximate surface area is 122 Å². The van der Waals surface area contributed by atoms with Gasteiger partial charge in [0.15, 0.2) is 0 Å². The number of rotatable bonds is 4. The summed E-state index contributed by atoms with van der Waals surface area (Å²) < 4.78 is 6.55. The normalized spacial score (nSPS) is 22.0. The maximum Gasteiger partial charge on any atom is 0.373 e. The van der Waals surface area contributed by atoms with Gasteiger partial charge in [0.05, 0.1) is 6.10 Å². The number of nitrogens with zero attached hydrogens (tertiary/aromatic N) is 4. The first kappa shape index (κ1) is 13.8. The van der Waals surface area contributed by atoms with E-state index in [4.69, 9.17) is 4.74 Å². The molecule has 3 heterocycles. The fourth-order valence-corrected chi connectivity index (χ4v) is 3.27. The summed E-state index contributed by atoms with van der Waals surface area (Å²) in [5, 5.41) is 22.3. The topological polar surface area (TPSA) is 110 Å². The van der Waals surface area contributed by atoms with Gasteiger partial charge in [-0.1, -0.05) is 11.3 Å². The summed E-state index contributed by atoms with van der Waals surface area (Å²) in [4.78, 5) is 28.3. The van der Waals surface area contributed by atoms with Gasteiger partial charge >= 0.3 is 11.8 Å². The zero-order valence-electron chi connectivity index (χ0n) is 11.0. The minimum Gasteiger partial charge on any atom is -0.480 e. The van der Waals surface area contributed by atoms with Crippen molar-refractivity contribution in [2.24, 2.45) is 0 Å². The number of nitro groups is 1. The fourth-order valence-electron chi connectivity index (χ4n) is 2.56. The summed E-state index contributed by atoms with van der Waals surface area (Å²) in [5.74, 6) is -1.17. The minimum absolute atomic E-state index is 0.0822. The molecule has 1 aliphatic rings. The van der Waals surface area contributed by atoms with Gasteiger partial charge in [0.25, 0.3) is 4.96 Å². The van der Waals surface area contributed by atoms with Crippen molar-refractivity contribution in [2.45, 2.75) is 18.6 Å². The number of thiazole rings is 1. The van der Waals surface area contributed by atoms with Crippen LogP contribution in [0.25, 0.3) is 4.96 Å². The molecule has 0 radical (unpaired) electrons. The number of carboxylic acid groups (broad SMARTS) is 1. The Balaban J connectivity index is 2.10. The van der Waals surface area contributed by atoms with E-state index in [1.807, 2.05) is 0 Å². The molecule has 1 fully saturated rings. The Morgan fingerprint density at radius 2 is 2.43 bits per heavy atom. The molecule has 0 amide bonds. The first-order chi connectivity index (χ1) is 10.0. The highest BCUT2D eigenvalue weighted by molar-refractivity contribution is 7.15. The third kappa shape index (κ3) is 2.12. The van der Waals surface area contributed by atoms with Crippen molar-refractivity contribution in [2.75, 3.05) is 18.6 Å². The number of imidazole rings is 1. The first-order valence-electron chi connectivity index (χ1n) is 6.15. The average molecular weight is 312 g/mol. The number of carbonyl (C=O) groups is 1. The number of carboxylic acids is 1. The van der Waals surface area contributed by atoms with Crippen LogP contribution in [0, 0.1) is 10.1 Å². The highest BCUT2D eigenvalue weighted by Gasteiger charge is 2.42. The lowest BCUT2D eigenvalue weighted by molar-refractivity contribution is -0.389. The lowest BCUT2D eigenvalue weighted by Crippen LogP contribution is -2.36. The van der Waals surface area contributed by atoms with Crippen molar-refractivity contribution in [1.29, 1.82) is 0 Å². The highest BCUT2D eigenvalue weighted by Crippen LogP contribution is 2.35. The predicted molar refractivity (Wildman–Crippen MR) is 73.9 cm³/mol. The summed E-state index contributed by atoms with van der Waals surface area (Å²) in [7, 11) is 1.49. The van der Waals surface area contributed by atoms with Gasteiger partial charge in [0.1, 0.15) is 12.2 Å². The molecule has 9 nitrogen and oxygen atoms in total. The molecule has 0 spiro atoms. The van der Waals surface area contributed by atoms with Crippen molar-refractivity contribution < 1.29 is 19.6 Å². The monoisotopic (exact) mass is 312 g/mol. The fraction of sp³-hybridized carbons (Fsp3) is 0.455. The van der Waals surface area contributed by atoms with Crippen LogP contribution in [0.1, 0.15) is 6.42 Å². The van der Waals surface area contributed by atoms with Gasteiger partial charge in [-0.3, -0.25) is 0 Å². The molecule has 0 aromatic carbocycles. The summed E-state index contributed by atoms with van der Waals surface area (Å²) in [6.07, 6.45) is 1.54. The number of hydrogen-bond donors (Lipinski definition) is 1. The van der Waals surface area contributed by atoms with Gasteiger partial charge in [-0.15, -0.1) is 0 Å². The smallest absolute Gasteiger partial charge is 0.373 e. The Hall–Kier alpha value is -2.20. The van der Waals surface area contributed by atoms with Crippen LogP contribution in [-0.2, 0) is 9.53 Å². The summed E-state index contributed by atoms with van der Waals surface area (Å²) in [6, 6.07) is -0.877. The van der Waals surface area contributed by atoms with E-state index in [0.717, 1.165) is 0 Å². The second-order valence-electron chi connectivity index (χ2n) is 4.67. The summed E-state index contributed by atoms with van der Waals surface area (Å²) in [6.45, 7) is 0.263. The first-order valence-corrected chi connectivity index (χ1v) is 7.03. The molecular formula is C11H12N4O5S. The van der Waals surface area contributed by atoms with Crippen LogP contribution >= 0.6 is 11.3 Å². The maximum absolute atomic E-state index is 11.4. The quantitative estimate of drug-likeness (QED) is 0.662. The van der Waals surface area contributed by atoms with Gasteiger partial charge < -0.3 is 24.9 Å². The molecule has 21 heavy (non-hydrogen) atoms. The van der Waals surface area contributed by atoms with Crippen molar-refractivity contribution >= 4 is 33.9 Å². The van der Waals surface area contributed by atoms with E-state index in [0.29, 0.717) is 4.96 Å². The maximum atomic E-state index is 11.4. The van der Waals surface area contributed by atoms with Crippen molar-refractivity contribution in [3.05, 3.63) is 21.7 Å². The van der Waals surface area contributed by atoms with Gasteiger partial charge in [-0.25, -0.2) is 4.79 Å². The molecule has 2 aromatic rings. The number of ether oxygens (including phenoxy) is 1. The van der Waals surface area contributed by atoms with Gasteiger partial charge in [0.2, 0.25) is 5.82 Å². The number of methoxy groups -OCH3 is 1. The van der Waals surface area contributed by atoms with Gasteiger partial charge in [-0.05, 0) is 4.92 Å². The molecule has 0 saturated carbocycles. The van der Waals surface area contributed by atoms with E-state index in [9.17, 15) is 20.0 Å². The molecule has 0 bridgehead atoms. The number of hydrogen-bond acceptors (Lipinski definition) is 7. The van der Waals surface area contributed by atoms with E-state index in [2.05, 4.69) is 4.98 Å². The third-order valence-corrected chi connectivity index (χ3v) is 4.30. The lowest BCUT2D eigenvalue weighted by Gasteiger charge is -2.19. The molecule has 0 aliphatic carbocycles. The molecule has 1 aliphatic heterocycles.